The van der Waals surface area contributed by atoms with Gasteiger partial charge in [-0.25, -0.2) is 0 Å². The van der Waals surface area contributed by atoms with Gasteiger partial charge in [0, 0.05) is 18.6 Å². The maximum atomic E-state index is 5.85. The Kier molecular flexibility index (Phi) is 3.10. The molecule has 82 valence electrons. The summed E-state index contributed by atoms with van der Waals surface area (Å²) in [6.45, 7) is 2.53. The lowest BCUT2D eigenvalue weighted by Gasteiger charge is -2.41. The summed E-state index contributed by atoms with van der Waals surface area (Å²) in [5, 5.41) is 3.50. The summed E-state index contributed by atoms with van der Waals surface area (Å²) in [5.41, 5.74) is 5.85. The molecule has 1 saturated carbocycles. The first-order valence-corrected chi connectivity index (χ1v) is 5.82. The lowest BCUT2D eigenvalue weighted by atomic mass is 9.72. The zero-order valence-electron chi connectivity index (χ0n) is 9.37. The quantitative estimate of drug-likeness (QED) is 0.682. The maximum absolute atomic E-state index is 5.85. The lowest BCUT2D eigenvalue weighted by Crippen LogP contribution is -2.50. The molecule has 2 fully saturated rings. The average Bonchev–Trinajstić information content (AvgIpc) is 2.50. The maximum Gasteiger partial charge on any atom is 0.0134 e. The largest absolute Gasteiger partial charge is 0.328 e. The van der Waals surface area contributed by atoms with Gasteiger partial charge in [0.05, 0.1) is 0 Å². The van der Waals surface area contributed by atoms with E-state index in [0.29, 0.717) is 12.1 Å². The summed E-state index contributed by atoms with van der Waals surface area (Å²) in [5.74, 6) is 1.69. The molecule has 0 bridgehead atoms. The molecule has 3 N–H and O–H groups in total. The molecule has 2 aliphatic rings. The molecular weight excluding hydrogens is 174 g/mol. The molecule has 0 aromatic heterocycles. The van der Waals surface area contributed by atoms with Crippen LogP contribution >= 0.6 is 0 Å². The fourth-order valence-electron chi connectivity index (χ4n) is 3.12. The SMILES string of the molecule is CNC(C1CC(N)C1)C1CCN(C)C1. The number of nitrogens with zero attached hydrogens (tertiary/aromatic N) is 1. The Labute approximate surface area is 87.0 Å². The fraction of sp³-hybridized carbons (Fsp3) is 1.00. The second-order valence-corrected chi connectivity index (χ2v) is 5.12. The van der Waals surface area contributed by atoms with Gasteiger partial charge >= 0.3 is 0 Å². The number of hydrogen-bond acceptors (Lipinski definition) is 3. The van der Waals surface area contributed by atoms with E-state index in [1.54, 1.807) is 0 Å². The zero-order valence-corrected chi connectivity index (χ0v) is 9.37. The van der Waals surface area contributed by atoms with E-state index < -0.39 is 0 Å². The van der Waals surface area contributed by atoms with Crippen molar-refractivity contribution in [3.8, 4) is 0 Å². The van der Waals surface area contributed by atoms with Gasteiger partial charge < -0.3 is 16.0 Å². The molecule has 0 spiro atoms. The van der Waals surface area contributed by atoms with E-state index in [0.717, 1.165) is 11.8 Å². The molecule has 2 atom stereocenters. The van der Waals surface area contributed by atoms with Crippen molar-refractivity contribution in [3.63, 3.8) is 0 Å². The minimum atomic E-state index is 0.481. The van der Waals surface area contributed by atoms with Crippen molar-refractivity contribution < 1.29 is 0 Å². The number of nitrogens with one attached hydrogen (secondary N) is 1. The normalized spacial score (nSPS) is 40.9. The number of nitrogens with two attached hydrogens (primary N) is 1. The molecule has 0 radical (unpaired) electrons. The molecule has 1 aliphatic heterocycles. The van der Waals surface area contributed by atoms with Crippen LogP contribution in [-0.4, -0.2) is 44.2 Å². The van der Waals surface area contributed by atoms with Gasteiger partial charge in [-0.15, -0.1) is 0 Å². The van der Waals surface area contributed by atoms with E-state index in [4.69, 9.17) is 5.73 Å². The van der Waals surface area contributed by atoms with E-state index in [1.165, 1.54) is 32.4 Å². The van der Waals surface area contributed by atoms with E-state index in [-0.39, 0.29) is 0 Å². The second kappa shape index (κ2) is 4.17. The van der Waals surface area contributed by atoms with Crippen LogP contribution in [0.15, 0.2) is 0 Å². The Morgan fingerprint density at radius 2 is 2.07 bits per heavy atom. The molecular formula is C11H23N3. The summed E-state index contributed by atoms with van der Waals surface area (Å²) in [4.78, 5) is 2.44. The fourth-order valence-corrected chi connectivity index (χ4v) is 3.12. The minimum Gasteiger partial charge on any atom is -0.328 e. The molecule has 0 aromatic rings. The third kappa shape index (κ3) is 1.95. The first-order chi connectivity index (χ1) is 6.70. The van der Waals surface area contributed by atoms with Crippen molar-refractivity contribution in [1.29, 1.82) is 0 Å². The van der Waals surface area contributed by atoms with Gasteiger partial charge in [0.15, 0.2) is 0 Å². The highest BCUT2D eigenvalue weighted by Gasteiger charge is 2.38. The summed E-state index contributed by atoms with van der Waals surface area (Å²) < 4.78 is 0. The highest BCUT2D eigenvalue weighted by atomic mass is 15.1. The lowest BCUT2D eigenvalue weighted by molar-refractivity contribution is 0.159. The van der Waals surface area contributed by atoms with Crippen LogP contribution in [-0.2, 0) is 0 Å². The third-order valence-corrected chi connectivity index (χ3v) is 3.99. The Morgan fingerprint density at radius 1 is 1.36 bits per heavy atom. The first-order valence-electron chi connectivity index (χ1n) is 5.82. The van der Waals surface area contributed by atoms with Gasteiger partial charge in [0.25, 0.3) is 0 Å². The van der Waals surface area contributed by atoms with Gasteiger partial charge in [0.1, 0.15) is 0 Å². The van der Waals surface area contributed by atoms with Crippen LogP contribution in [0.4, 0.5) is 0 Å². The Morgan fingerprint density at radius 3 is 2.50 bits per heavy atom. The third-order valence-electron chi connectivity index (χ3n) is 3.99. The predicted octanol–water partition coefficient (Wildman–Crippen LogP) is 0.263. The van der Waals surface area contributed by atoms with E-state index in [9.17, 15) is 0 Å². The van der Waals surface area contributed by atoms with Gasteiger partial charge in [0.2, 0.25) is 0 Å². The Hall–Kier alpha value is -0.120. The number of rotatable bonds is 3. The highest BCUT2D eigenvalue weighted by Crippen LogP contribution is 2.34. The average molecular weight is 197 g/mol. The molecule has 1 aliphatic carbocycles. The summed E-state index contributed by atoms with van der Waals surface area (Å²) >= 11 is 0. The van der Waals surface area contributed by atoms with Gasteiger partial charge in [-0.05, 0) is 51.7 Å². The molecule has 2 rings (SSSR count). The number of likely N-dealkylation sites (tertiary alicyclic amines) is 1. The zero-order chi connectivity index (χ0) is 10.1. The second-order valence-electron chi connectivity index (χ2n) is 5.12. The molecule has 1 saturated heterocycles. The number of hydrogen-bond donors (Lipinski definition) is 2. The molecule has 3 heteroatoms. The van der Waals surface area contributed by atoms with Crippen molar-refractivity contribution in [2.45, 2.75) is 31.3 Å². The molecule has 0 aromatic carbocycles. The summed E-state index contributed by atoms with van der Waals surface area (Å²) in [6, 6.07) is 1.19. The van der Waals surface area contributed by atoms with Crippen LogP contribution in [0.25, 0.3) is 0 Å². The van der Waals surface area contributed by atoms with Crippen LogP contribution in [0.1, 0.15) is 19.3 Å². The van der Waals surface area contributed by atoms with E-state index in [2.05, 4.69) is 24.3 Å². The van der Waals surface area contributed by atoms with E-state index >= 15 is 0 Å². The van der Waals surface area contributed by atoms with Gasteiger partial charge in [-0.3, -0.25) is 0 Å². The first kappa shape index (κ1) is 10.4. The summed E-state index contributed by atoms with van der Waals surface area (Å²) in [6.07, 6.45) is 3.81. The van der Waals surface area contributed by atoms with Crippen LogP contribution in [0, 0.1) is 11.8 Å². The van der Waals surface area contributed by atoms with Crippen molar-refractivity contribution in [2.24, 2.45) is 17.6 Å². The molecule has 14 heavy (non-hydrogen) atoms. The van der Waals surface area contributed by atoms with Crippen LogP contribution in [0.2, 0.25) is 0 Å². The Balaban J connectivity index is 1.86. The van der Waals surface area contributed by atoms with Crippen molar-refractivity contribution >= 4 is 0 Å². The van der Waals surface area contributed by atoms with Crippen LogP contribution in [0.3, 0.4) is 0 Å². The summed E-state index contributed by atoms with van der Waals surface area (Å²) in [7, 11) is 4.33. The smallest absolute Gasteiger partial charge is 0.0134 e. The van der Waals surface area contributed by atoms with Crippen LogP contribution < -0.4 is 11.1 Å². The standard InChI is InChI=1S/C11H23N3/c1-13-11(9-5-10(12)6-9)8-3-4-14(2)7-8/h8-11,13H,3-7,12H2,1-2H3. The molecule has 2 unspecified atom stereocenters. The molecule has 0 amide bonds. The molecule has 3 nitrogen and oxygen atoms in total. The van der Waals surface area contributed by atoms with Crippen molar-refractivity contribution in [1.82, 2.24) is 10.2 Å². The van der Waals surface area contributed by atoms with Gasteiger partial charge in [-0.2, -0.15) is 0 Å². The van der Waals surface area contributed by atoms with Crippen LogP contribution in [0.5, 0.6) is 0 Å². The van der Waals surface area contributed by atoms with Gasteiger partial charge in [-0.1, -0.05) is 0 Å². The Bertz CT molecular complexity index is 189. The highest BCUT2D eigenvalue weighted by molar-refractivity contribution is 4.95. The van der Waals surface area contributed by atoms with Crippen molar-refractivity contribution in [2.75, 3.05) is 27.2 Å². The van der Waals surface area contributed by atoms with E-state index in [1.807, 2.05) is 0 Å². The monoisotopic (exact) mass is 197 g/mol. The molecule has 1 heterocycles. The minimum absolute atomic E-state index is 0.481. The topological polar surface area (TPSA) is 41.3 Å². The predicted molar refractivity (Wildman–Crippen MR) is 59.2 cm³/mol. The van der Waals surface area contributed by atoms with Crippen molar-refractivity contribution in [3.05, 3.63) is 0 Å².